The third-order valence-corrected chi connectivity index (χ3v) is 8.48. The normalized spacial score (nSPS) is 25.2. The van der Waals surface area contributed by atoms with Gasteiger partial charge >= 0.3 is 0 Å². The Morgan fingerprint density at radius 3 is 2.07 bits per heavy atom. The summed E-state index contributed by atoms with van der Waals surface area (Å²) < 4.78 is 12.0. The van der Waals surface area contributed by atoms with Crippen molar-refractivity contribution in [3.8, 4) is 11.5 Å². The van der Waals surface area contributed by atoms with Crippen LogP contribution in [0.3, 0.4) is 0 Å². The molecule has 1 saturated carbocycles. The van der Waals surface area contributed by atoms with Gasteiger partial charge in [-0.1, -0.05) is 73.3 Å². The van der Waals surface area contributed by atoms with Crippen molar-refractivity contribution in [1.29, 1.82) is 0 Å². The molecule has 0 aromatic heterocycles. The smallest absolute Gasteiger partial charge is 0.130 e. The van der Waals surface area contributed by atoms with Crippen LogP contribution in [0, 0.1) is 16.7 Å². The average Bonchev–Trinajstić information content (AvgIpc) is 3.03. The van der Waals surface area contributed by atoms with Crippen molar-refractivity contribution >= 4 is 5.57 Å². The Morgan fingerprint density at radius 1 is 1.00 bits per heavy atom. The van der Waals surface area contributed by atoms with Gasteiger partial charge in [0.1, 0.15) is 11.5 Å². The van der Waals surface area contributed by atoms with Gasteiger partial charge in [0.15, 0.2) is 0 Å². The summed E-state index contributed by atoms with van der Waals surface area (Å²) in [6, 6.07) is 4.56. The van der Waals surface area contributed by atoms with Gasteiger partial charge in [-0.05, 0) is 64.7 Å². The Morgan fingerprint density at radius 2 is 1.62 bits per heavy atom. The Bertz CT molecular complexity index is 746. The van der Waals surface area contributed by atoms with E-state index in [-0.39, 0.29) is 16.2 Å². The first kappa shape index (κ1) is 22.2. The molecule has 3 rings (SSSR count). The molecule has 0 spiro atoms. The Kier molecular flexibility index (Phi) is 6.14. The van der Waals surface area contributed by atoms with Crippen LogP contribution in [0.1, 0.15) is 97.6 Å². The number of hydrogen-bond acceptors (Lipinski definition) is 2. The number of hydrogen-bond donors (Lipinski definition) is 0. The van der Waals surface area contributed by atoms with Gasteiger partial charge in [0.2, 0.25) is 0 Å². The predicted octanol–water partition coefficient (Wildman–Crippen LogP) is 7.79. The monoisotopic (exact) mass is 398 g/mol. The van der Waals surface area contributed by atoms with Crippen LogP contribution >= 0.6 is 0 Å². The summed E-state index contributed by atoms with van der Waals surface area (Å²) in [5.74, 6) is 2.58. The average molecular weight is 399 g/mol. The molecule has 2 heteroatoms. The fraction of sp³-hybridized carbons (Fsp3) is 0.704. The van der Waals surface area contributed by atoms with Crippen molar-refractivity contribution in [2.75, 3.05) is 14.2 Å². The number of benzene rings is 1. The fourth-order valence-corrected chi connectivity index (χ4v) is 5.76. The summed E-state index contributed by atoms with van der Waals surface area (Å²) in [6.07, 6.45) is 11.4. The van der Waals surface area contributed by atoms with Gasteiger partial charge in [-0.15, -0.1) is 0 Å². The highest BCUT2D eigenvalue weighted by Gasteiger charge is 2.58. The molecule has 0 aliphatic heterocycles. The van der Waals surface area contributed by atoms with Crippen LogP contribution in [-0.4, -0.2) is 14.2 Å². The third-order valence-electron chi connectivity index (χ3n) is 8.48. The lowest BCUT2D eigenvalue weighted by molar-refractivity contribution is 0.189. The zero-order valence-corrected chi connectivity index (χ0v) is 20.1. The van der Waals surface area contributed by atoms with Crippen molar-refractivity contribution in [1.82, 2.24) is 0 Å². The lowest BCUT2D eigenvalue weighted by atomic mass is 9.66. The van der Waals surface area contributed by atoms with Gasteiger partial charge in [-0.3, -0.25) is 0 Å². The summed E-state index contributed by atoms with van der Waals surface area (Å²) in [5.41, 5.74) is 4.50. The minimum absolute atomic E-state index is 0.110. The number of fused-ring (bicyclic) bond motifs is 2. The molecule has 1 aromatic carbocycles. The number of allylic oxidation sites excluding steroid dienone is 2. The lowest BCUT2D eigenvalue weighted by Crippen LogP contribution is -2.30. The van der Waals surface area contributed by atoms with Crippen LogP contribution in [0.2, 0.25) is 0 Å². The number of unbranched alkanes of at least 4 members (excludes halogenated alkanes) is 3. The maximum atomic E-state index is 5.98. The molecular formula is C27H42O2. The Hall–Kier alpha value is -1.44. The van der Waals surface area contributed by atoms with Gasteiger partial charge in [0.25, 0.3) is 0 Å². The second-order valence-corrected chi connectivity index (χ2v) is 10.7. The quantitative estimate of drug-likeness (QED) is 0.395. The van der Waals surface area contributed by atoms with Crippen LogP contribution in [0.5, 0.6) is 11.5 Å². The molecule has 0 N–H and O–H groups in total. The van der Waals surface area contributed by atoms with E-state index in [2.05, 4.69) is 59.8 Å². The maximum absolute atomic E-state index is 5.98. The number of methoxy groups -OCH3 is 2. The van der Waals surface area contributed by atoms with Gasteiger partial charge in [0, 0.05) is 0 Å². The highest BCUT2D eigenvalue weighted by Crippen LogP contribution is 2.69. The summed E-state index contributed by atoms with van der Waals surface area (Å²) >= 11 is 0. The van der Waals surface area contributed by atoms with Gasteiger partial charge in [-0.25, -0.2) is 0 Å². The predicted molar refractivity (Wildman–Crippen MR) is 124 cm³/mol. The molecule has 1 fully saturated rings. The molecular weight excluding hydrogens is 356 g/mol. The maximum Gasteiger partial charge on any atom is 0.130 e. The van der Waals surface area contributed by atoms with Crippen LogP contribution in [-0.2, 0) is 5.41 Å². The minimum Gasteiger partial charge on any atom is -0.496 e. The van der Waals surface area contributed by atoms with E-state index in [1.165, 1.54) is 61.6 Å². The molecule has 2 aliphatic rings. The van der Waals surface area contributed by atoms with E-state index in [9.17, 15) is 0 Å². The zero-order valence-electron chi connectivity index (χ0n) is 20.1. The topological polar surface area (TPSA) is 18.5 Å². The first-order valence-corrected chi connectivity index (χ1v) is 11.6. The highest BCUT2D eigenvalue weighted by molar-refractivity contribution is 5.82. The van der Waals surface area contributed by atoms with Crippen LogP contribution < -0.4 is 9.47 Å². The Labute approximate surface area is 179 Å². The summed E-state index contributed by atoms with van der Waals surface area (Å²) in [6.45, 7) is 14.3. The summed E-state index contributed by atoms with van der Waals surface area (Å²) in [7, 11) is 3.61. The molecule has 162 valence electrons. The second-order valence-electron chi connectivity index (χ2n) is 10.7. The molecule has 2 unspecified atom stereocenters. The van der Waals surface area contributed by atoms with Crippen LogP contribution in [0.4, 0.5) is 0 Å². The SMILES string of the molecule is CCCCCCC(C)(C)c1cc(OC)c(C2=CC3CCC2(C)C3(C)C)c(OC)c1. The fourth-order valence-electron chi connectivity index (χ4n) is 5.76. The van der Waals surface area contributed by atoms with Crippen molar-refractivity contribution in [3.05, 3.63) is 29.3 Å². The first-order chi connectivity index (χ1) is 13.6. The summed E-state index contributed by atoms with van der Waals surface area (Å²) in [5, 5.41) is 0. The van der Waals surface area contributed by atoms with E-state index < -0.39 is 0 Å². The molecule has 2 bridgehead atoms. The number of rotatable bonds is 9. The minimum atomic E-state index is 0.110. The van der Waals surface area contributed by atoms with E-state index in [4.69, 9.17) is 9.47 Å². The highest BCUT2D eigenvalue weighted by atomic mass is 16.5. The van der Waals surface area contributed by atoms with E-state index in [1.807, 2.05) is 0 Å². The van der Waals surface area contributed by atoms with Gasteiger partial charge in [0.05, 0.1) is 19.8 Å². The van der Waals surface area contributed by atoms with Crippen LogP contribution in [0.15, 0.2) is 18.2 Å². The first-order valence-electron chi connectivity index (χ1n) is 11.6. The van der Waals surface area contributed by atoms with E-state index in [0.717, 1.165) is 11.5 Å². The van der Waals surface area contributed by atoms with Gasteiger partial charge < -0.3 is 9.47 Å². The second kappa shape index (κ2) is 8.00. The van der Waals surface area contributed by atoms with Crippen molar-refractivity contribution in [2.24, 2.45) is 16.7 Å². The Balaban J connectivity index is 2.00. The molecule has 0 saturated heterocycles. The third kappa shape index (κ3) is 3.62. The molecule has 2 atom stereocenters. The molecule has 0 amide bonds. The van der Waals surface area contributed by atoms with Crippen molar-refractivity contribution in [3.63, 3.8) is 0 Å². The number of ether oxygens (including phenoxy) is 2. The largest absolute Gasteiger partial charge is 0.496 e. The molecule has 0 radical (unpaired) electrons. The standard InChI is InChI=1S/C27H42O2/c1-9-10-11-12-14-25(2,3)20-17-22(28-7)24(23(18-20)29-8)21-16-19-13-15-27(21,6)26(19,4)5/h16-19H,9-15H2,1-8H3. The summed E-state index contributed by atoms with van der Waals surface area (Å²) in [4.78, 5) is 0. The van der Waals surface area contributed by atoms with Crippen molar-refractivity contribution < 1.29 is 9.47 Å². The van der Waals surface area contributed by atoms with E-state index in [1.54, 1.807) is 14.2 Å². The lowest BCUT2D eigenvalue weighted by Gasteiger charge is -2.38. The molecule has 2 nitrogen and oxygen atoms in total. The van der Waals surface area contributed by atoms with E-state index in [0.29, 0.717) is 5.92 Å². The van der Waals surface area contributed by atoms with Crippen molar-refractivity contribution in [2.45, 2.75) is 91.9 Å². The van der Waals surface area contributed by atoms with Crippen LogP contribution in [0.25, 0.3) is 5.57 Å². The van der Waals surface area contributed by atoms with E-state index >= 15 is 0 Å². The molecule has 29 heavy (non-hydrogen) atoms. The van der Waals surface area contributed by atoms with Gasteiger partial charge in [-0.2, -0.15) is 0 Å². The molecule has 0 heterocycles. The molecule has 1 aromatic rings. The zero-order chi connectivity index (χ0) is 21.4. The molecule has 2 aliphatic carbocycles.